The lowest BCUT2D eigenvalue weighted by atomic mass is 10.1. The minimum atomic E-state index is -0.0814. The maximum absolute atomic E-state index is 12.0. The number of benzene rings is 1. The van der Waals surface area contributed by atoms with Crippen LogP contribution in [0.15, 0.2) is 30.5 Å². The minimum Gasteiger partial charge on any atom is -0.348 e. The fourth-order valence-electron chi connectivity index (χ4n) is 1.92. The molecule has 0 saturated carbocycles. The summed E-state index contributed by atoms with van der Waals surface area (Å²) in [5.41, 5.74) is 3.67. The predicted octanol–water partition coefficient (Wildman–Crippen LogP) is 1.97. The summed E-state index contributed by atoms with van der Waals surface area (Å²) in [6.45, 7) is 4.41. The maximum Gasteiger partial charge on any atom is 0.255 e. The first-order valence-electron chi connectivity index (χ1n) is 5.90. The maximum atomic E-state index is 12.0. The first-order chi connectivity index (χ1) is 8.56. The third kappa shape index (κ3) is 2.77. The van der Waals surface area contributed by atoms with Gasteiger partial charge in [-0.15, -0.1) is 0 Å². The van der Waals surface area contributed by atoms with E-state index in [1.54, 1.807) is 10.9 Å². The zero-order valence-electron chi connectivity index (χ0n) is 10.9. The van der Waals surface area contributed by atoms with E-state index in [9.17, 15) is 4.79 Å². The van der Waals surface area contributed by atoms with Crippen LogP contribution in [0.25, 0.3) is 0 Å². The van der Waals surface area contributed by atoms with Gasteiger partial charge in [0.15, 0.2) is 0 Å². The topological polar surface area (TPSA) is 46.9 Å². The van der Waals surface area contributed by atoms with Gasteiger partial charge in [0.05, 0.1) is 11.3 Å². The van der Waals surface area contributed by atoms with Crippen LogP contribution in [0.2, 0.25) is 0 Å². The third-order valence-electron chi connectivity index (χ3n) is 2.79. The molecule has 2 rings (SSSR count). The Kier molecular flexibility index (Phi) is 3.46. The summed E-state index contributed by atoms with van der Waals surface area (Å²) in [5, 5.41) is 7.06. The fraction of sp³-hybridized carbons (Fsp3) is 0.286. The number of carbonyl (C=O) groups excluding carboxylic acids is 1. The summed E-state index contributed by atoms with van der Waals surface area (Å²) in [6, 6.07) is 8.10. The van der Waals surface area contributed by atoms with E-state index in [0.29, 0.717) is 12.1 Å². The second kappa shape index (κ2) is 5.04. The lowest BCUT2D eigenvalue weighted by Gasteiger charge is -2.05. The fourth-order valence-corrected chi connectivity index (χ4v) is 1.92. The molecule has 18 heavy (non-hydrogen) atoms. The molecule has 4 heteroatoms. The van der Waals surface area contributed by atoms with Crippen LogP contribution in [0.4, 0.5) is 0 Å². The van der Waals surface area contributed by atoms with Gasteiger partial charge in [-0.05, 0) is 19.4 Å². The Morgan fingerprint density at radius 3 is 2.78 bits per heavy atom. The van der Waals surface area contributed by atoms with Gasteiger partial charge >= 0.3 is 0 Å². The van der Waals surface area contributed by atoms with Gasteiger partial charge in [0.1, 0.15) is 0 Å². The monoisotopic (exact) mass is 243 g/mol. The van der Waals surface area contributed by atoms with Gasteiger partial charge < -0.3 is 5.32 Å². The largest absolute Gasteiger partial charge is 0.348 e. The van der Waals surface area contributed by atoms with E-state index in [2.05, 4.69) is 16.5 Å². The zero-order chi connectivity index (χ0) is 13.1. The SMILES string of the molecule is Cc1cccc(CNC(=O)c2cn(C)nc2C)c1. The van der Waals surface area contributed by atoms with Gasteiger partial charge in [0.25, 0.3) is 5.91 Å². The number of carbonyl (C=O) groups is 1. The first kappa shape index (κ1) is 12.4. The molecule has 2 aromatic rings. The molecule has 1 aromatic heterocycles. The van der Waals surface area contributed by atoms with Crippen molar-refractivity contribution in [3.05, 3.63) is 52.8 Å². The van der Waals surface area contributed by atoms with Crippen LogP contribution >= 0.6 is 0 Å². The quantitative estimate of drug-likeness (QED) is 0.895. The molecule has 1 aromatic carbocycles. The molecule has 0 spiro atoms. The van der Waals surface area contributed by atoms with Crippen molar-refractivity contribution in [2.75, 3.05) is 0 Å². The average Bonchev–Trinajstić information content (AvgIpc) is 2.66. The number of rotatable bonds is 3. The number of aromatic nitrogens is 2. The molecular formula is C14H17N3O. The van der Waals surface area contributed by atoms with Gasteiger partial charge in [-0.3, -0.25) is 9.48 Å². The molecule has 0 fully saturated rings. The van der Waals surface area contributed by atoms with Crippen molar-refractivity contribution < 1.29 is 4.79 Å². The van der Waals surface area contributed by atoms with Crippen LogP contribution in [-0.2, 0) is 13.6 Å². The smallest absolute Gasteiger partial charge is 0.255 e. The Bertz CT molecular complexity index is 572. The molecule has 94 valence electrons. The van der Waals surface area contributed by atoms with Crippen LogP contribution in [0, 0.1) is 13.8 Å². The standard InChI is InChI=1S/C14H17N3O/c1-10-5-4-6-12(7-10)8-15-14(18)13-9-17(3)16-11(13)2/h4-7,9H,8H2,1-3H3,(H,15,18). The molecule has 0 aliphatic rings. The van der Waals surface area contributed by atoms with Gasteiger partial charge in [-0.1, -0.05) is 29.8 Å². The molecule has 1 heterocycles. The van der Waals surface area contributed by atoms with Crippen LogP contribution in [0.5, 0.6) is 0 Å². The van der Waals surface area contributed by atoms with E-state index in [4.69, 9.17) is 0 Å². The van der Waals surface area contributed by atoms with Crippen LogP contribution < -0.4 is 5.32 Å². The molecule has 1 N–H and O–H groups in total. The molecule has 1 amide bonds. The van der Waals surface area contributed by atoms with Gasteiger partial charge in [-0.2, -0.15) is 5.10 Å². The van der Waals surface area contributed by atoms with Gasteiger partial charge in [-0.25, -0.2) is 0 Å². The zero-order valence-corrected chi connectivity index (χ0v) is 10.9. The number of nitrogens with one attached hydrogen (secondary N) is 1. The highest BCUT2D eigenvalue weighted by Gasteiger charge is 2.11. The number of aryl methyl sites for hydroxylation is 3. The second-order valence-electron chi connectivity index (χ2n) is 4.47. The summed E-state index contributed by atoms with van der Waals surface area (Å²) in [7, 11) is 1.81. The molecule has 0 unspecified atom stereocenters. The van der Waals surface area contributed by atoms with Crippen molar-refractivity contribution in [1.29, 1.82) is 0 Å². The lowest BCUT2D eigenvalue weighted by Crippen LogP contribution is -2.23. The third-order valence-corrected chi connectivity index (χ3v) is 2.79. The van der Waals surface area contributed by atoms with Crippen molar-refractivity contribution in [2.24, 2.45) is 7.05 Å². The number of amides is 1. The molecule has 0 aliphatic heterocycles. The summed E-state index contributed by atoms with van der Waals surface area (Å²) in [5.74, 6) is -0.0814. The Morgan fingerprint density at radius 2 is 2.17 bits per heavy atom. The minimum absolute atomic E-state index is 0.0814. The second-order valence-corrected chi connectivity index (χ2v) is 4.47. The van der Waals surface area contributed by atoms with Crippen LogP contribution in [-0.4, -0.2) is 15.7 Å². The number of hydrogen-bond acceptors (Lipinski definition) is 2. The van der Waals surface area contributed by atoms with E-state index in [1.165, 1.54) is 5.56 Å². The first-order valence-corrected chi connectivity index (χ1v) is 5.90. The van der Waals surface area contributed by atoms with Crippen molar-refractivity contribution >= 4 is 5.91 Å². The number of nitrogens with zero attached hydrogens (tertiary/aromatic N) is 2. The average molecular weight is 243 g/mol. The molecular weight excluding hydrogens is 226 g/mol. The van der Waals surface area contributed by atoms with E-state index < -0.39 is 0 Å². The molecule has 0 radical (unpaired) electrons. The Hall–Kier alpha value is -2.10. The van der Waals surface area contributed by atoms with Crippen molar-refractivity contribution in [1.82, 2.24) is 15.1 Å². The van der Waals surface area contributed by atoms with Gasteiger partial charge in [0, 0.05) is 19.8 Å². The highest BCUT2D eigenvalue weighted by Crippen LogP contribution is 2.06. The van der Waals surface area contributed by atoms with Gasteiger partial charge in [0.2, 0.25) is 0 Å². The van der Waals surface area contributed by atoms with E-state index in [1.807, 2.05) is 39.1 Å². The summed E-state index contributed by atoms with van der Waals surface area (Å²) in [6.07, 6.45) is 1.74. The highest BCUT2D eigenvalue weighted by molar-refractivity contribution is 5.94. The summed E-state index contributed by atoms with van der Waals surface area (Å²) in [4.78, 5) is 12.0. The Balaban J connectivity index is 2.03. The van der Waals surface area contributed by atoms with E-state index >= 15 is 0 Å². The van der Waals surface area contributed by atoms with Crippen molar-refractivity contribution in [2.45, 2.75) is 20.4 Å². The summed E-state index contributed by atoms with van der Waals surface area (Å²) >= 11 is 0. The number of hydrogen-bond donors (Lipinski definition) is 1. The molecule has 0 aliphatic carbocycles. The predicted molar refractivity (Wildman–Crippen MR) is 70.3 cm³/mol. The molecule has 0 bridgehead atoms. The van der Waals surface area contributed by atoms with Crippen LogP contribution in [0.3, 0.4) is 0 Å². The normalized spacial score (nSPS) is 10.4. The van der Waals surface area contributed by atoms with Crippen molar-refractivity contribution in [3.63, 3.8) is 0 Å². The van der Waals surface area contributed by atoms with Crippen molar-refractivity contribution in [3.8, 4) is 0 Å². The van der Waals surface area contributed by atoms with Crippen LogP contribution in [0.1, 0.15) is 27.2 Å². The summed E-state index contributed by atoms with van der Waals surface area (Å²) < 4.78 is 1.65. The van der Waals surface area contributed by atoms with E-state index in [-0.39, 0.29) is 5.91 Å². The molecule has 4 nitrogen and oxygen atoms in total. The van der Waals surface area contributed by atoms with E-state index in [0.717, 1.165) is 11.3 Å². The highest BCUT2D eigenvalue weighted by atomic mass is 16.1. The Morgan fingerprint density at radius 1 is 1.39 bits per heavy atom. The molecule has 0 atom stereocenters. The molecule has 0 saturated heterocycles. The lowest BCUT2D eigenvalue weighted by molar-refractivity contribution is 0.0950. The Labute approximate surface area is 107 Å².